The summed E-state index contributed by atoms with van der Waals surface area (Å²) in [6.45, 7) is 2.40. The Hall–Kier alpha value is -2.83. The third kappa shape index (κ3) is 5.76. The lowest BCUT2D eigenvalue weighted by atomic mass is 9.69. The SMILES string of the molecule is COc1cccc(C2(O)CCC(NCc3cn(Cc4ccccc4)c4ccc(Cl)cc34)CC2CN(C)C)c1. The average molecular weight is 532 g/mol. The number of benzene rings is 3. The second-order valence-corrected chi connectivity index (χ2v) is 11.3. The van der Waals surface area contributed by atoms with Gasteiger partial charge in [0.1, 0.15) is 5.75 Å². The predicted molar refractivity (Wildman–Crippen MR) is 156 cm³/mol. The van der Waals surface area contributed by atoms with Crippen LogP contribution in [0.1, 0.15) is 36.0 Å². The van der Waals surface area contributed by atoms with Crippen molar-refractivity contribution in [2.45, 2.75) is 44.0 Å². The fourth-order valence-corrected chi connectivity index (χ4v) is 6.20. The van der Waals surface area contributed by atoms with Gasteiger partial charge < -0.3 is 24.6 Å². The number of rotatable bonds is 9. The molecule has 1 fully saturated rings. The van der Waals surface area contributed by atoms with Gasteiger partial charge in [0.2, 0.25) is 0 Å². The van der Waals surface area contributed by atoms with Crippen LogP contribution in [0.5, 0.6) is 5.75 Å². The van der Waals surface area contributed by atoms with Crippen molar-refractivity contribution >= 4 is 22.5 Å². The maximum Gasteiger partial charge on any atom is 0.119 e. The van der Waals surface area contributed by atoms with Crippen molar-refractivity contribution in [1.29, 1.82) is 0 Å². The molecule has 0 amide bonds. The topological polar surface area (TPSA) is 49.7 Å². The van der Waals surface area contributed by atoms with Crippen molar-refractivity contribution in [3.05, 3.63) is 101 Å². The summed E-state index contributed by atoms with van der Waals surface area (Å²) in [5, 5.41) is 17.7. The number of methoxy groups -OCH3 is 1. The van der Waals surface area contributed by atoms with E-state index in [0.29, 0.717) is 12.5 Å². The van der Waals surface area contributed by atoms with Crippen LogP contribution in [-0.4, -0.2) is 48.4 Å². The van der Waals surface area contributed by atoms with E-state index in [1.165, 1.54) is 22.0 Å². The highest BCUT2D eigenvalue weighted by Crippen LogP contribution is 2.43. The van der Waals surface area contributed by atoms with Crippen molar-refractivity contribution in [2.24, 2.45) is 5.92 Å². The van der Waals surface area contributed by atoms with Crippen molar-refractivity contribution in [1.82, 2.24) is 14.8 Å². The first-order valence-electron chi connectivity index (χ1n) is 13.4. The largest absolute Gasteiger partial charge is 0.497 e. The van der Waals surface area contributed by atoms with Gasteiger partial charge in [0, 0.05) is 53.7 Å². The number of halogens is 1. The molecule has 2 N–H and O–H groups in total. The van der Waals surface area contributed by atoms with Gasteiger partial charge in [0.25, 0.3) is 0 Å². The molecule has 4 aromatic rings. The van der Waals surface area contributed by atoms with E-state index >= 15 is 0 Å². The smallest absolute Gasteiger partial charge is 0.119 e. The molecule has 6 heteroatoms. The predicted octanol–water partition coefficient (Wildman–Crippen LogP) is 6.06. The maximum absolute atomic E-state index is 12.0. The summed E-state index contributed by atoms with van der Waals surface area (Å²) in [4.78, 5) is 2.18. The normalized spacial score (nSPS) is 21.7. The Labute approximate surface area is 231 Å². The molecule has 38 heavy (non-hydrogen) atoms. The second-order valence-electron chi connectivity index (χ2n) is 10.9. The Morgan fingerprint density at radius 3 is 2.66 bits per heavy atom. The highest BCUT2D eigenvalue weighted by atomic mass is 35.5. The maximum atomic E-state index is 12.0. The first kappa shape index (κ1) is 26.8. The highest BCUT2D eigenvalue weighted by molar-refractivity contribution is 6.31. The average Bonchev–Trinajstić information content (AvgIpc) is 3.25. The summed E-state index contributed by atoms with van der Waals surface area (Å²) >= 11 is 6.42. The van der Waals surface area contributed by atoms with E-state index in [2.05, 4.69) is 77.5 Å². The molecule has 0 saturated heterocycles. The molecule has 0 spiro atoms. The van der Waals surface area contributed by atoms with Crippen LogP contribution in [0.4, 0.5) is 0 Å². The molecular formula is C32H38ClN3O2. The van der Waals surface area contributed by atoms with Gasteiger partial charge in [-0.2, -0.15) is 0 Å². The van der Waals surface area contributed by atoms with Gasteiger partial charge in [-0.15, -0.1) is 0 Å². The molecule has 1 aromatic heterocycles. The van der Waals surface area contributed by atoms with E-state index in [1.807, 2.05) is 30.3 Å². The first-order chi connectivity index (χ1) is 18.4. The summed E-state index contributed by atoms with van der Waals surface area (Å²) in [6, 6.07) is 24.9. The van der Waals surface area contributed by atoms with Crippen molar-refractivity contribution < 1.29 is 9.84 Å². The quantitative estimate of drug-likeness (QED) is 0.276. The number of hydrogen-bond acceptors (Lipinski definition) is 4. The summed E-state index contributed by atoms with van der Waals surface area (Å²) in [5.74, 6) is 0.884. The zero-order valence-corrected chi connectivity index (χ0v) is 23.3. The van der Waals surface area contributed by atoms with Crippen LogP contribution < -0.4 is 10.1 Å². The van der Waals surface area contributed by atoms with Gasteiger partial charge in [0.15, 0.2) is 0 Å². The zero-order valence-electron chi connectivity index (χ0n) is 22.5. The number of aliphatic hydroxyl groups is 1. The second kappa shape index (κ2) is 11.5. The Kier molecular flexibility index (Phi) is 8.10. The standard InChI is InChI=1S/C32H38ClN3O2/c1-35(2)22-26-16-28(14-15-32(26,37)25-10-7-11-29(17-25)38-3)34-19-24-21-36(20-23-8-5-4-6-9-23)31-13-12-27(33)18-30(24)31/h4-13,17-18,21,26,28,34,37H,14-16,19-20,22H2,1-3H3. The summed E-state index contributed by atoms with van der Waals surface area (Å²) in [7, 11) is 5.83. The molecule has 3 atom stereocenters. The van der Waals surface area contributed by atoms with Crippen LogP contribution in [0.25, 0.3) is 10.9 Å². The van der Waals surface area contributed by atoms with E-state index in [-0.39, 0.29) is 5.92 Å². The van der Waals surface area contributed by atoms with Gasteiger partial charge in [-0.1, -0.05) is 54.1 Å². The lowest BCUT2D eigenvalue weighted by Crippen LogP contribution is -2.49. The van der Waals surface area contributed by atoms with E-state index < -0.39 is 5.60 Å². The number of hydrogen-bond donors (Lipinski definition) is 2. The third-order valence-electron chi connectivity index (χ3n) is 7.98. The summed E-state index contributed by atoms with van der Waals surface area (Å²) in [5.41, 5.74) is 3.78. The molecule has 0 radical (unpaired) electrons. The van der Waals surface area contributed by atoms with Gasteiger partial charge in [0.05, 0.1) is 12.7 Å². The molecule has 0 bridgehead atoms. The zero-order chi connectivity index (χ0) is 26.7. The minimum Gasteiger partial charge on any atom is -0.497 e. The van der Waals surface area contributed by atoms with Crippen LogP contribution in [-0.2, 0) is 18.7 Å². The van der Waals surface area contributed by atoms with Gasteiger partial charge in [-0.05, 0) is 80.4 Å². The number of nitrogens with zero attached hydrogens (tertiary/aromatic N) is 2. The lowest BCUT2D eigenvalue weighted by Gasteiger charge is -2.45. The summed E-state index contributed by atoms with van der Waals surface area (Å²) < 4.78 is 7.77. The fraction of sp³-hybridized carbons (Fsp3) is 0.375. The first-order valence-corrected chi connectivity index (χ1v) is 13.8. The Morgan fingerprint density at radius 1 is 1.08 bits per heavy atom. The molecule has 1 saturated carbocycles. The van der Waals surface area contributed by atoms with Gasteiger partial charge >= 0.3 is 0 Å². The molecule has 3 aromatic carbocycles. The van der Waals surface area contributed by atoms with Crippen molar-refractivity contribution in [3.63, 3.8) is 0 Å². The minimum atomic E-state index is -0.879. The molecule has 0 aliphatic heterocycles. The molecule has 1 aliphatic carbocycles. The molecule has 3 unspecified atom stereocenters. The number of aromatic nitrogens is 1. The van der Waals surface area contributed by atoms with Crippen molar-refractivity contribution in [2.75, 3.05) is 27.7 Å². The molecule has 200 valence electrons. The van der Waals surface area contributed by atoms with Crippen molar-refractivity contribution in [3.8, 4) is 5.75 Å². The van der Waals surface area contributed by atoms with Gasteiger partial charge in [-0.25, -0.2) is 0 Å². The lowest BCUT2D eigenvalue weighted by molar-refractivity contribution is -0.0694. The molecule has 1 aliphatic rings. The van der Waals surface area contributed by atoms with Crippen LogP contribution in [0.2, 0.25) is 5.02 Å². The van der Waals surface area contributed by atoms with Crippen LogP contribution in [0.15, 0.2) is 79.0 Å². The van der Waals surface area contributed by atoms with E-state index in [4.69, 9.17) is 16.3 Å². The molecular weight excluding hydrogens is 494 g/mol. The number of nitrogens with one attached hydrogen (secondary N) is 1. The summed E-state index contributed by atoms with van der Waals surface area (Å²) in [6.07, 6.45) is 4.77. The Morgan fingerprint density at radius 2 is 1.89 bits per heavy atom. The van der Waals surface area contributed by atoms with E-state index in [9.17, 15) is 5.11 Å². The minimum absolute atomic E-state index is 0.102. The van der Waals surface area contributed by atoms with E-state index in [1.54, 1.807) is 7.11 Å². The van der Waals surface area contributed by atoms with Crippen LogP contribution in [0, 0.1) is 5.92 Å². The Bertz CT molecular complexity index is 1370. The number of ether oxygens (including phenoxy) is 1. The third-order valence-corrected chi connectivity index (χ3v) is 8.21. The molecule has 5 rings (SSSR count). The van der Waals surface area contributed by atoms with Crippen LogP contribution >= 0.6 is 11.6 Å². The number of fused-ring (bicyclic) bond motifs is 1. The van der Waals surface area contributed by atoms with Gasteiger partial charge in [-0.3, -0.25) is 0 Å². The fourth-order valence-electron chi connectivity index (χ4n) is 6.03. The van der Waals surface area contributed by atoms with Crippen LogP contribution in [0.3, 0.4) is 0 Å². The Balaban J connectivity index is 1.35. The molecule has 1 heterocycles. The molecule has 5 nitrogen and oxygen atoms in total. The monoisotopic (exact) mass is 531 g/mol. The highest BCUT2D eigenvalue weighted by Gasteiger charge is 2.43. The van der Waals surface area contributed by atoms with E-state index in [0.717, 1.165) is 48.8 Å².